The first-order chi connectivity index (χ1) is 13.0. The molecule has 0 aliphatic rings. The van der Waals surface area contributed by atoms with Crippen LogP contribution in [0.2, 0.25) is 5.02 Å². The van der Waals surface area contributed by atoms with Crippen LogP contribution in [-0.4, -0.2) is 28.2 Å². The highest BCUT2D eigenvalue weighted by Crippen LogP contribution is 2.26. The number of thiazole rings is 1. The quantitative estimate of drug-likeness (QED) is 0.652. The van der Waals surface area contributed by atoms with E-state index in [0.29, 0.717) is 17.3 Å². The highest BCUT2D eigenvalue weighted by Gasteiger charge is 2.20. The summed E-state index contributed by atoms with van der Waals surface area (Å²) in [6, 6.07) is 16.9. The Morgan fingerprint density at radius 1 is 1.11 bits per heavy atom. The van der Waals surface area contributed by atoms with Crippen LogP contribution in [0.5, 0.6) is 0 Å². The molecule has 2 amide bonds. The standard InChI is InChI=1S/C20H18ClN3O2S/c21-16-8-4-7-15(11-16)19-23-17(13-27-19)20(26)24(10-9-18(22)25)12-14-5-2-1-3-6-14/h1-8,11,13H,9-10,12H2,(H2,22,25). The van der Waals surface area contributed by atoms with E-state index in [4.69, 9.17) is 17.3 Å². The number of hydrogen-bond acceptors (Lipinski definition) is 4. The lowest BCUT2D eigenvalue weighted by Crippen LogP contribution is -2.33. The van der Waals surface area contributed by atoms with Crippen LogP contribution in [0, 0.1) is 0 Å². The van der Waals surface area contributed by atoms with Gasteiger partial charge in [0.15, 0.2) is 0 Å². The second kappa shape index (κ2) is 8.79. The van der Waals surface area contributed by atoms with Gasteiger partial charge in [-0.25, -0.2) is 4.98 Å². The average molecular weight is 400 g/mol. The molecule has 0 spiro atoms. The van der Waals surface area contributed by atoms with Gasteiger partial charge in [-0.15, -0.1) is 11.3 Å². The van der Waals surface area contributed by atoms with Crippen LogP contribution in [-0.2, 0) is 11.3 Å². The number of carbonyl (C=O) groups excluding carboxylic acids is 2. The van der Waals surface area contributed by atoms with Crippen LogP contribution >= 0.6 is 22.9 Å². The molecule has 0 unspecified atom stereocenters. The molecule has 2 N–H and O–H groups in total. The number of nitrogens with two attached hydrogens (primary N) is 1. The van der Waals surface area contributed by atoms with Gasteiger partial charge >= 0.3 is 0 Å². The summed E-state index contributed by atoms with van der Waals surface area (Å²) in [5.74, 6) is -0.677. The highest BCUT2D eigenvalue weighted by molar-refractivity contribution is 7.13. The summed E-state index contributed by atoms with van der Waals surface area (Å²) in [6.45, 7) is 0.629. The molecule has 138 valence electrons. The van der Waals surface area contributed by atoms with Gasteiger partial charge in [-0.3, -0.25) is 9.59 Å². The first-order valence-corrected chi connectivity index (χ1v) is 9.61. The Kier molecular flexibility index (Phi) is 6.21. The van der Waals surface area contributed by atoms with Crippen LogP contribution in [0.1, 0.15) is 22.5 Å². The van der Waals surface area contributed by atoms with Crippen LogP contribution in [0.3, 0.4) is 0 Å². The van der Waals surface area contributed by atoms with E-state index in [1.54, 1.807) is 16.3 Å². The summed E-state index contributed by atoms with van der Waals surface area (Å²) in [4.78, 5) is 30.2. The molecule has 3 aromatic rings. The van der Waals surface area contributed by atoms with Gasteiger partial charge in [-0.2, -0.15) is 0 Å². The zero-order valence-corrected chi connectivity index (χ0v) is 16.0. The monoisotopic (exact) mass is 399 g/mol. The first-order valence-electron chi connectivity index (χ1n) is 8.36. The number of rotatable bonds is 7. The molecule has 1 heterocycles. The van der Waals surface area contributed by atoms with Gasteiger partial charge in [-0.1, -0.05) is 54.1 Å². The Morgan fingerprint density at radius 3 is 2.59 bits per heavy atom. The molecule has 0 bridgehead atoms. The minimum absolute atomic E-state index is 0.101. The van der Waals surface area contributed by atoms with Crippen molar-refractivity contribution >= 4 is 34.8 Å². The minimum Gasteiger partial charge on any atom is -0.370 e. The van der Waals surface area contributed by atoms with E-state index in [1.807, 2.05) is 48.5 Å². The second-order valence-electron chi connectivity index (χ2n) is 5.98. The predicted molar refractivity (Wildman–Crippen MR) is 108 cm³/mol. The van der Waals surface area contributed by atoms with E-state index < -0.39 is 5.91 Å². The van der Waals surface area contributed by atoms with E-state index in [0.717, 1.165) is 16.1 Å². The molecule has 0 atom stereocenters. The van der Waals surface area contributed by atoms with Gasteiger partial charge in [0.1, 0.15) is 10.7 Å². The van der Waals surface area contributed by atoms with E-state index in [1.165, 1.54) is 11.3 Å². The molecule has 0 radical (unpaired) electrons. The van der Waals surface area contributed by atoms with Crippen LogP contribution in [0.25, 0.3) is 10.6 Å². The molecular weight excluding hydrogens is 382 g/mol. The van der Waals surface area contributed by atoms with E-state index in [2.05, 4.69) is 4.98 Å². The third kappa shape index (κ3) is 5.15. The van der Waals surface area contributed by atoms with Crippen molar-refractivity contribution in [3.63, 3.8) is 0 Å². The maximum absolute atomic E-state index is 13.0. The fourth-order valence-electron chi connectivity index (χ4n) is 2.59. The van der Waals surface area contributed by atoms with Crippen molar-refractivity contribution < 1.29 is 9.59 Å². The van der Waals surface area contributed by atoms with Crippen LogP contribution in [0.4, 0.5) is 0 Å². The van der Waals surface area contributed by atoms with Crippen molar-refractivity contribution in [3.05, 3.63) is 76.3 Å². The van der Waals surface area contributed by atoms with Gasteiger partial charge < -0.3 is 10.6 Å². The fourth-order valence-corrected chi connectivity index (χ4v) is 3.57. The molecule has 0 fully saturated rings. The van der Waals surface area contributed by atoms with Crippen molar-refractivity contribution in [1.82, 2.24) is 9.88 Å². The number of amides is 2. The first kappa shape index (κ1) is 19.1. The molecule has 0 saturated heterocycles. The zero-order valence-electron chi connectivity index (χ0n) is 14.5. The third-order valence-electron chi connectivity index (χ3n) is 3.93. The lowest BCUT2D eigenvalue weighted by molar-refractivity contribution is -0.118. The van der Waals surface area contributed by atoms with Crippen LogP contribution in [0.15, 0.2) is 60.0 Å². The molecule has 0 aliphatic carbocycles. The van der Waals surface area contributed by atoms with Gasteiger partial charge in [0, 0.05) is 35.5 Å². The molecule has 0 saturated carbocycles. The van der Waals surface area contributed by atoms with Crippen molar-refractivity contribution in [1.29, 1.82) is 0 Å². The Morgan fingerprint density at radius 2 is 1.89 bits per heavy atom. The summed E-state index contributed by atoms with van der Waals surface area (Å²) in [5.41, 5.74) is 7.44. The fraction of sp³-hybridized carbons (Fsp3) is 0.150. The van der Waals surface area contributed by atoms with Gasteiger partial charge in [0.25, 0.3) is 5.91 Å². The predicted octanol–water partition coefficient (Wildman–Crippen LogP) is 3.98. The smallest absolute Gasteiger partial charge is 0.273 e. The molecule has 5 nitrogen and oxygen atoms in total. The Labute approximate surface area is 166 Å². The lowest BCUT2D eigenvalue weighted by atomic mass is 10.2. The Hall–Kier alpha value is -2.70. The van der Waals surface area contributed by atoms with Crippen molar-refractivity contribution in [2.45, 2.75) is 13.0 Å². The maximum Gasteiger partial charge on any atom is 0.273 e. The Balaban J connectivity index is 1.81. The van der Waals surface area contributed by atoms with Crippen molar-refractivity contribution in [2.75, 3.05) is 6.54 Å². The van der Waals surface area contributed by atoms with E-state index in [9.17, 15) is 9.59 Å². The number of carbonyl (C=O) groups is 2. The molecule has 1 aromatic heterocycles. The maximum atomic E-state index is 13.0. The molecule has 3 rings (SSSR count). The Bertz CT molecular complexity index is 943. The summed E-state index contributed by atoms with van der Waals surface area (Å²) in [6.07, 6.45) is 0.101. The van der Waals surface area contributed by atoms with Crippen LogP contribution < -0.4 is 5.73 Å². The summed E-state index contributed by atoms with van der Waals surface area (Å²) in [5, 5.41) is 3.05. The number of nitrogens with zero attached hydrogens (tertiary/aromatic N) is 2. The SMILES string of the molecule is NC(=O)CCN(Cc1ccccc1)C(=O)c1csc(-c2cccc(Cl)c2)n1. The zero-order chi connectivity index (χ0) is 19.2. The van der Waals surface area contributed by atoms with E-state index in [-0.39, 0.29) is 18.9 Å². The largest absolute Gasteiger partial charge is 0.370 e. The second-order valence-corrected chi connectivity index (χ2v) is 7.27. The van der Waals surface area contributed by atoms with E-state index >= 15 is 0 Å². The number of primary amides is 1. The number of halogens is 1. The number of aromatic nitrogens is 1. The number of benzene rings is 2. The molecule has 2 aromatic carbocycles. The average Bonchev–Trinajstić information content (AvgIpc) is 3.15. The highest BCUT2D eigenvalue weighted by atomic mass is 35.5. The summed E-state index contributed by atoms with van der Waals surface area (Å²) >= 11 is 7.41. The molecule has 27 heavy (non-hydrogen) atoms. The number of hydrogen-bond donors (Lipinski definition) is 1. The van der Waals surface area contributed by atoms with Gasteiger partial charge in [-0.05, 0) is 17.7 Å². The normalized spacial score (nSPS) is 10.6. The summed E-state index contributed by atoms with van der Waals surface area (Å²) in [7, 11) is 0. The minimum atomic E-state index is -0.446. The lowest BCUT2D eigenvalue weighted by Gasteiger charge is -2.21. The topological polar surface area (TPSA) is 76.3 Å². The van der Waals surface area contributed by atoms with Gasteiger partial charge in [0.05, 0.1) is 0 Å². The van der Waals surface area contributed by atoms with Crippen molar-refractivity contribution in [3.8, 4) is 10.6 Å². The molecule has 7 heteroatoms. The summed E-state index contributed by atoms with van der Waals surface area (Å²) < 4.78 is 0. The van der Waals surface area contributed by atoms with Crippen molar-refractivity contribution in [2.24, 2.45) is 5.73 Å². The molecular formula is C20H18ClN3O2S. The third-order valence-corrected chi connectivity index (χ3v) is 5.05. The van der Waals surface area contributed by atoms with Gasteiger partial charge in [0.2, 0.25) is 5.91 Å². The molecule has 0 aliphatic heterocycles.